The molecule has 0 spiro atoms. The predicted molar refractivity (Wildman–Crippen MR) is 78.1 cm³/mol. The summed E-state index contributed by atoms with van der Waals surface area (Å²) in [4.78, 5) is 14.3. The number of rotatable bonds is 6. The quantitative estimate of drug-likeness (QED) is 0.764. The summed E-state index contributed by atoms with van der Waals surface area (Å²) in [6, 6.07) is 0.369. The molecule has 2 fully saturated rings. The van der Waals surface area contributed by atoms with Crippen LogP contribution in [0.2, 0.25) is 0 Å². The second kappa shape index (κ2) is 7.85. The molecule has 1 saturated heterocycles. The van der Waals surface area contributed by atoms with Crippen LogP contribution in [0.1, 0.15) is 45.4 Å². The third-order valence-corrected chi connectivity index (χ3v) is 4.61. The largest absolute Gasteiger partial charge is 0.356 e. The molecule has 110 valence electrons. The normalized spacial score (nSPS) is 23.4. The number of carbonyl (C=O) groups excluding carboxylic acids is 1. The van der Waals surface area contributed by atoms with Gasteiger partial charge in [0.2, 0.25) is 5.91 Å². The lowest BCUT2D eigenvalue weighted by molar-refractivity contribution is -0.122. The smallest absolute Gasteiger partial charge is 0.221 e. The summed E-state index contributed by atoms with van der Waals surface area (Å²) >= 11 is 0. The lowest BCUT2D eigenvalue weighted by Gasteiger charge is -2.32. The molecule has 4 nitrogen and oxygen atoms in total. The summed E-state index contributed by atoms with van der Waals surface area (Å²) in [6.07, 6.45) is 7.33. The average molecular weight is 267 g/mol. The standard InChI is InChI=1S/C15H29N3O/c1-13(18-10-8-16-9-11-18)12-15(19)17-7-6-14-4-2-3-5-14/h13-14,16H,2-12H2,1H3,(H,17,19). The van der Waals surface area contributed by atoms with E-state index in [4.69, 9.17) is 0 Å². The van der Waals surface area contributed by atoms with Crippen molar-refractivity contribution >= 4 is 5.91 Å². The van der Waals surface area contributed by atoms with Gasteiger partial charge >= 0.3 is 0 Å². The van der Waals surface area contributed by atoms with Gasteiger partial charge in [0, 0.05) is 45.2 Å². The summed E-state index contributed by atoms with van der Waals surface area (Å²) in [5.74, 6) is 1.09. The lowest BCUT2D eigenvalue weighted by Crippen LogP contribution is -2.48. The van der Waals surface area contributed by atoms with Crippen molar-refractivity contribution in [2.75, 3.05) is 32.7 Å². The Morgan fingerprint density at radius 2 is 2.00 bits per heavy atom. The fourth-order valence-electron chi connectivity index (χ4n) is 3.31. The second-order valence-electron chi connectivity index (χ2n) is 6.13. The van der Waals surface area contributed by atoms with E-state index in [0.717, 1.165) is 38.6 Å². The molecule has 1 aliphatic carbocycles. The molecule has 0 bridgehead atoms. The van der Waals surface area contributed by atoms with Crippen LogP contribution in [0.4, 0.5) is 0 Å². The van der Waals surface area contributed by atoms with E-state index in [0.29, 0.717) is 12.5 Å². The van der Waals surface area contributed by atoms with Crippen LogP contribution in [0, 0.1) is 5.92 Å². The van der Waals surface area contributed by atoms with Gasteiger partial charge in [-0.3, -0.25) is 9.69 Å². The number of amides is 1. The van der Waals surface area contributed by atoms with Crippen molar-refractivity contribution in [1.29, 1.82) is 0 Å². The summed E-state index contributed by atoms with van der Waals surface area (Å²) < 4.78 is 0. The highest BCUT2D eigenvalue weighted by Crippen LogP contribution is 2.26. The molecule has 2 rings (SSSR count). The molecule has 2 aliphatic rings. The van der Waals surface area contributed by atoms with Crippen molar-refractivity contribution in [2.45, 2.75) is 51.5 Å². The van der Waals surface area contributed by atoms with E-state index in [1.165, 1.54) is 32.1 Å². The van der Waals surface area contributed by atoms with Gasteiger partial charge in [-0.1, -0.05) is 25.7 Å². The molecule has 0 aromatic rings. The Balaban J connectivity index is 1.57. The van der Waals surface area contributed by atoms with Gasteiger partial charge in [-0.15, -0.1) is 0 Å². The highest BCUT2D eigenvalue weighted by molar-refractivity contribution is 5.76. The van der Waals surface area contributed by atoms with E-state index in [9.17, 15) is 4.79 Å². The van der Waals surface area contributed by atoms with Crippen LogP contribution in [-0.2, 0) is 4.79 Å². The lowest BCUT2D eigenvalue weighted by atomic mass is 10.0. The Morgan fingerprint density at radius 1 is 1.32 bits per heavy atom. The third kappa shape index (κ3) is 5.11. The molecule has 2 N–H and O–H groups in total. The van der Waals surface area contributed by atoms with Gasteiger partial charge in [-0.05, 0) is 19.3 Å². The van der Waals surface area contributed by atoms with E-state index < -0.39 is 0 Å². The predicted octanol–water partition coefficient (Wildman–Crippen LogP) is 1.37. The minimum atomic E-state index is 0.226. The van der Waals surface area contributed by atoms with Crippen molar-refractivity contribution in [3.05, 3.63) is 0 Å². The molecule has 1 saturated carbocycles. The molecule has 1 aliphatic heterocycles. The van der Waals surface area contributed by atoms with E-state index >= 15 is 0 Å². The maximum Gasteiger partial charge on any atom is 0.221 e. The van der Waals surface area contributed by atoms with Crippen LogP contribution in [0.25, 0.3) is 0 Å². The van der Waals surface area contributed by atoms with Gasteiger partial charge in [0.15, 0.2) is 0 Å². The number of hydrogen-bond acceptors (Lipinski definition) is 3. The summed E-state index contributed by atoms with van der Waals surface area (Å²) in [5.41, 5.74) is 0. The first-order valence-corrected chi connectivity index (χ1v) is 7.97. The third-order valence-electron chi connectivity index (χ3n) is 4.61. The monoisotopic (exact) mass is 267 g/mol. The number of hydrogen-bond donors (Lipinski definition) is 2. The van der Waals surface area contributed by atoms with E-state index in [1.807, 2.05) is 0 Å². The fourth-order valence-corrected chi connectivity index (χ4v) is 3.31. The van der Waals surface area contributed by atoms with Gasteiger partial charge in [0.05, 0.1) is 0 Å². The van der Waals surface area contributed by atoms with Crippen molar-refractivity contribution in [1.82, 2.24) is 15.5 Å². The minimum Gasteiger partial charge on any atom is -0.356 e. The van der Waals surface area contributed by atoms with E-state index in [1.54, 1.807) is 0 Å². The summed E-state index contributed by atoms with van der Waals surface area (Å²) in [6.45, 7) is 7.27. The zero-order valence-electron chi connectivity index (χ0n) is 12.3. The van der Waals surface area contributed by atoms with E-state index in [-0.39, 0.29) is 5.91 Å². The Bertz CT molecular complexity index is 271. The van der Waals surface area contributed by atoms with Crippen LogP contribution in [0.15, 0.2) is 0 Å². The molecular weight excluding hydrogens is 238 g/mol. The van der Waals surface area contributed by atoms with Crippen molar-refractivity contribution in [3.8, 4) is 0 Å². The maximum absolute atomic E-state index is 11.9. The topological polar surface area (TPSA) is 44.4 Å². The highest BCUT2D eigenvalue weighted by Gasteiger charge is 2.19. The second-order valence-corrected chi connectivity index (χ2v) is 6.13. The van der Waals surface area contributed by atoms with E-state index in [2.05, 4.69) is 22.5 Å². The molecule has 0 aromatic heterocycles. The zero-order chi connectivity index (χ0) is 13.5. The highest BCUT2D eigenvalue weighted by atomic mass is 16.1. The molecule has 19 heavy (non-hydrogen) atoms. The van der Waals surface area contributed by atoms with Crippen LogP contribution < -0.4 is 10.6 Å². The first kappa shape index (κ1) is 14.8. The number of carbonyl (C=O) groups is 1. The van der Waals surface area contributed by atoms with Crippen molar-refractivity contribution in [2.24, 2.45) is 5.92 Å². The molecule has 0 radical (unpaired) electrons. The van der Waals surface area contributed by atoms with Gasteiger partial charge < -0.3 is 10.6 Å². The Labute approximate surface area is 117 Å². The van der Waals surface area contributed by atoms with Gasteiger partial charge in [0.25, 0.3) is 0 Å². The first-order chi connectivity index (χ1) is 9.25. The molecule has 0 aromatic carbocycles. The maximum atomic E-state index is 11.9. The number of piperazine rings is 1. The molecule has 1 unspecified atom stereocenters. The van der Waals surface area contributed by atoms with Gasteiger partial charge in [0.1, 0.15) is 0 Å². The summed E-state index contributed by atoms with van der Waals surface area (Å²) in [5, 5.41) is 6.44. The summed E-state index contributed by atoms with van der Waals surface area (Å²) in [7, 11) is 0. The fraction of sp³-hybridized carbons (Fsp3) is 0.933. The van der Waals surface area contributed by atoms with Crippen molar-refractivity contribution in [3.63, 3.8) is 0 Å². The van der Waals surface area contributed by atoms with Crippen LogP contribution >= 0.6 is 0 Å². The van der Waals surface area contributed by atoms with Crippen LogP contribution in [0.5, 0.6) is 0 Å². The van der Waals surface area contributed by atoms with Gasteiger partial charge in [-0.25, -0.2) is 0 Å². The number of nitrogens with zero attached hydrogens (tertiary/aromatic N) is 1. The molecular formula is C15H29N3O. The Morgan fingerprint density at radius 3 is 2.68 bits per heavy atom. The van der Waals surface area contributed by atoms with Crippen LogP contribution in [0.3, 0.4) is 0 Å². The number of nitrogens with one attached hydrogen (secondary N) is 2. The van der Waals surface area contributed by atoms with Crippen LogP contribution in [-0.4, -0.2) is 49.6 Å². The SMILES string of the molecule is CC(CC(=O)NCCC1CCCC1)N1CCNCC1. The Kier molecular flexibility index (Phi) is 6.11. The molecule has 1 heterocycles. The average Bonchev–Trinajstić information content (AvgIpc) is 2.93. The molecule has 1 amide bonds. The molecule has 4 heteroatoms. The Hall–Kier alpha value is -0.610. The zero-order valence-corrected chi connectivity index (χ0v) is 12.3. The van der Waals surface area contributed by atoms with Gasteiger partial charge in [-0.2, -0.15) is 0 Å². The minimum absolute atomic E-state index is 0.226. The molecule has 1 atom stereocenters. The van der Waals surface area contributed by atoms with Crippen molar-refractivity contribution < 1.29 is 4.79 Å². The first-order valence-electron chi connectivity index (χ1n) is 7.97.